The second-order valence-electron chi connectivity index (χ2n) is 11.0. The molecule has 4 nitrogen and oxygen atoms in total. The Hall–Kier alpha value is -2.69. The lowest BCUT2D eigenvalue weighted by Gasteiger charge is -2.50. The summed E-state index contributed by atoms with van der Waals surface area (Å²) >= 11 is 0. The Bertz CT molecular complexity index is 1120. The third-order valence-electron chi connectivity index (χ3n) is 8.47. The van der Waals surface area contributed by atoms with Crippen molar-refractivity contribution in [3.05, 3.63) is 65.2 Å². The van der Waals surface area contributed by atoms with Crippen LogP contribution in [-0.4, -0.2) is 22.7 Å². The highest BCUT2D eigenvalue weighted by atomic mass is 19.1. The van der Waals surface area contributed by atoms with Crippen molar-refractivity contribution in [2.24, 2.45) is 22.7 Å². The Morgan fingerprint density at radius 3 is 2.85 bits per heavy atom. The number of aryl methyl sites for hydroxylation is 1. The van der Waals surface area contributed by atoms with Crippen LogP contribution in [0.15, 0.2) is 42.7 Å². The number of benzene rings is 1. The number of carboxylic acids is 1. The van der Waals surface area contributed by atoms with Gasteiger partial charge in [0.05, 0.1) is 11.6 Å². The van der Waals surface area contributed by atoms with Crippen LogP contribution >= 0.6 is 0 Å². The molecule has 5 heteroatoms. The van der Waals surface area contributed by atoms with Gasteiger partial charge in [-0.2, -0.15) is 0 Å². The van der Waals surface area contributed by atoms with Gasteiger partial charge in [0, 0.05) is 6.20 Å². The largest absolute Gasteiger partial charge is 0.492 e. The van der Waals surface area contributed by atoms with Crippen molar-refractivity contribution in [3.8, 4) is 5.75 Å². The molecular formula is C28H32FNO3. The molecule has 3 aliphatic carbocycles. The van der Waals surface area contributed by atoms with E-state index in [1.807, 2.05) is 6.07 Å². The van der Waals surface area contributed by atoms with E-state index in [4.69, 9.17) is 4.74 Å². The van der Waals surface area contributed by atoms with E-state index in [0.29, 0.717) is 17.8 Å². The average Bonchev–Trinajstić information content (AvgIpc) is 3.14. The van der Waals surface area contributed by atoms with E-state index in [1.54, 1.807) is 26.1 Å². The first-order valence-electron chi connectivity index (χ1n) is 12.0. The third-order valence-corrected chi connectivity index (χ3v) is 8.47. The van der Waals surface area contributed by atoms with Crippen LogP contribution in [0.1, 0.15) is 69.1 Å². The summed E-state index contributed by atoms with van der Waals surface area (Å²) in [6.07, 6.45) is 10.8. The lowest BCUT2D eigenvalue weighted by molar-refractivity contribution is -0.148. The molecule has 0 radical (unpaired) electrons. The van der Waals surface area contributed by atoms with Crippen LogP contribution in [0.2, 0.25) is 0 Å². The summed E-state index contributed by atoms with van der Waals surface area (Å²) in [7, 11) is 0. The summed E-state index contributed by atoms with van der Waals surface area (Å²) in [5, 5.41) is 9.33. The Balaban J connectivity index is 1.35. The number of fused-ring (bicyclic) bond motifs is 5. The van der Waals surface area contributed by atoms with Gasteiger partial charge in [-0.05, 0) is 110 Å². The second kappa shape index (κ2) is 7.96. The molecule has 3 aliphatic rings. The number of hydrogen-bond donors (Lipinski definition) is 1. The monoisotopic (exact) mass is 449 g/mol. The average molecular weight is 450 g/mol. The number of rotatable bonds is 5. The van der Waals surface area contributed by atoms with Gasteiger partial charge in [0.2, 0.25) is 0 Å². The Morgan fingerprint density at radius 1 is 1.27 bits per heavy atom. The van der Waals surface area contributed by atoms with Crippen LogP contribution in [0, 0.1) is 28.5 Å². The SMILES string of the molecule is CC(C)(COc1ccc2c(c1)CCC1C2CC[C@]2(C)C(c3cncc(F)c3)=CCC12)C(=O)O. The van der Waals surface area contributed by atoms with E-state index in [1.165, 1.54) is 22.9 Å². The summed E-state index contributed by atoms with van der Waals surface area (Å²) < 4.78 is 19.7. The lowest BCUT2D eigenvalue weighted by atomic mass is 9.54. The number of ether oxygens (including phenoxy) is 1. The standard InChI is InChI=1S/C28H32FNO3/c1-27(2,26(31)32)16-33-20-5-7-21-17(13-20)4-6-23-22(21)10-11-28(3)24(8-9-25(23)28)18-12-19(29)15-30-14-18/h5,7-8,12-15,22-23,25H,4,6,9-11,16H2,1-3H3,(H,31,32)/t22?,23?,25?,28-/m1/s1. The zero-order chi connectivity index (χ0) is 23.4. The number of nitrogens with zero attached hydrogens (tertiary/aromatic N) is 1. The van der Waals surface area contributed by atoms with E-state index in [2.05, 4.69) is 30.1 Å². The molecule has 1 aromatic heterocycles. The minimum Gasteiger partial charge on any atom is -0.492 e. The minimum absolute atomic E-state index is 0.0691. The van der Waals surface area contributed by atoms with Gasteiger partial charge in [0.25, 0.3) is 0 Å². The molecular weight excluding hydrogens is 417 g/mol. The molecule has 2 aromatic rings. The molecule has 33 heavy (non-hydrogen) atoms. The number of pyridine rings is 1. The molecule has 4 atom stereocenters. The molecule has 0 aliphatic heterocycles. The molecule has 0 amide bonds. The van der Waals surface area contributed by atoms with Crippen LogP contribution in [0.5, 0.6) is 5.75 Å². The summed E-state index contributed by atoms with van der Waals surface area (Å²) in [6, 6.07) is 7.96. The van der Waals surface area contributed by atoms with Crippen molar-refractivity contribution in [3.63, 3.8) is 0 Å². The molecule has 0 saturated heterocycles. The number of carbonyl (C=O) groups is 1. The van der Waals surface area contributed by atoms with Gasteiger partial charge in [-0.3, -0.25) is 9.78 Å². The van der Waals surface area contributed by atoms with Crippen molar-refractivity contribution in [1.82, 2.24) is 4.98 Å². The fourth-order valence-electron chi connectivity index (χ4n) is 6.55. The van der Waals surface area contributed by atoms with Crippen LogP contribution in [0.4, 0.5) is 4.39 Å². The number of aromatic nitrogens is 1. The number of carboxylic acid groups (broad SMARTS) is 1. The second-order valence-corrected chi connectivity index (χ2v) is 11.0. The Labute approximate surface area is 194 Å². The molecule has 174 valence electrons. The number of halogens is 1. The van der Waals surface area contributed by atoms with Gasteiger partial charge in [-0.15, -0.1) is 0 Å². The van der Waals surface area contributed by atoms with Gasteiger partial charge in [-0.25, -0.2) is 4.39 Å². The van der Waals surface area contributed by atoms with E-state index in [9.17, 15) is 14.3 Å². The zero-order valence-electron chi connectivity index (χ0n) is 19.6. The van der Waals surface area contributed by atoms with Crippen LogP contribution in [0.3, 0.4) is 0 Å². The quantitative estimate of drug-likeness (QED) is 0.585. The fraction of sp³-hybridized carbons (Fsp3) is 0.500. The highest BCUT2D eigenvalue weighted by Crippen LogP contribution is 2.63. The lowest BCUT2D eigenvalue weighted by Crippen LogP contribution is -2.40. The van der Waals surface area contributed by atoms with Gasteiger partial charge in [0.15, 0.2) is 0 Å². The van der Waals surface area contributed by atoms with Crippen molar-refractivity contribution < 1.29 is 19.0 Å². The van der Waals surface area contributed by atoms with E-state index in [0.717, 1.165) is 43.4 Å². The number of allylic oxidation sites excluding steroid dienone is 2. The molecule has 3 unspecified atom stereocenters. The Kier molecular flexibility index (Phi) is 5.34. The maximum Gasteiger partial charge on any atom is 0.312 e. The van der Waals surface area contributed by atoms with Crippen molar-refractivity contribution in [2.75, 3.05) is 6.61 Å². The van der Waals surface area contributed by atoms with E-state index >= 15 is 0 Å². The van der Waals surface area contributed by atoms with Gasteiger partial charge in [-0.1, -0.05) is 19.1 Å². The highest BCUT2D eigenvalue weighted by Gasteiger charge is 2.52. The fourth-order valence-corrected chi connectivity index (χ4v) is 6.55. The first-order valence-corrected chi connectivity index (χ1v) is 12.0. The third kappa shape index (κ3) is 3.75. The van der Waals surface area contributed by atoms with Crippen molar-refractivity contribution in [2.45, 2.75) is 58.8 Å². The van der Waals surface area contributed by atoms with Gasteiger partial charge < -0.3 is 9.84 Å². The minimum atomic E-state index is -0.917. The summed E-state index contributed by atoms with van der Waals surface area (Å²) in [4.78, 5) is 15.5. The van der Waals surface area contributed by atoms with Crippen LogP contribution in [-0.2, 0) is 11.2 Å². The molecule has 1 aromatic carbocycles. The number of hydrogen-bond acceptors (Lipinski definition) is 3. The number of aliphatic carboxylic acids is 1. The van der Waals surface area contributed by atoms with Gasteiger partial charge >= 0.3 is 5.97 Å². The predicted octanol–water partition coefficient (Wildman–Crippen LogP) is 6.26. The molecule has 0 spiro atoms. The van der Waals surface area contributed by atoms with Crippen LogP contribution in [0.25, 0.3) is 5.57 Å². The van der Waals surface area contributed by atoms with Crippen molar-refractivity contribution in [1.29, 1.82) is 0 Å². The van der Waals surface area contributed by atoms with E-state index < -0.39 is 11.4 Å². The first kappa shape index (κ1) is 22.1. The first-order chi connectivity index (χ1) is 15.7. The molecule has 1 fully saturated rings. The molecule has 0 bridgehead atoms. The molecule has 1 heterocycles. The topological polar surface area (TPSA) is 59.4 Å². The summed E-state index contributed by atoms with van der Waals surface area (Å²) in [5.74, 6) is 1.34. The zero-order valence-corrected chi connectivity index (χ0v) is 19.6. The Morgan fingerprint density at radius 2 is 2.09 bits per heavy atom. The normalized spacial score (nSPS) is 28.4. The van der Waals surface area contributed by atoms with E-state index in [-0.39, 0.29) is 17.8 Å². The maximum absolute atomic E-state index is 13.9. The van der Waals surface area contributed by atoms with Crippen LogP contribution < -0.4 is 4.74 Å². The molecule has 5 rings (SSSR count). The summed E-state index contributed by atoms with van der Waals surface area (Å²) in [5.41, 5.74) is 4.12. The van der Waals surface area contributed by atoms with Gasteiger partial charge in [0.1, 0.15) is 18.2 Å². The highest BCUT2D eigenvalue weighted by molar-refractivity contribution is 5.74. The maximum atomic E-state index is 13.9. The molecule has 1 N–H and O–H groups in total. The smallest absolute Gasteiger partial charge is 0.312 e. The van der Waals surface area contributed by atoms with Crippen molar-refractivity contribution >= 4 is 11.5 Å². The predicted molar refractivity (Wildman–Crippen MR) is 126 cm³/mol. The molecule has 1 saturated carbocycles. The summed E-state index contributed by atoms with van der Waals surface area (Å²) in [6.45, 7) is 5.88.